The summed E-state index contributed by atoms with van der Waals surface area (Å²) in [4.78, 5) is 33.4. The second-order valence-electron chi connectivity index (χ2n) is 7.75. The van der Waals surface area contributed by atoms with Crippen LogP contribution in [0.15, 0.2) is 27.8 Å². The lowest BCUT2D eigenvalue weighted by Gasteiger charge is -2.11. The summed E-state index contributed by atoms with van der Waals surface area (Å²) in [5.74, 6) is -0.841. The lowest BCUT2D eigenvalue weighted by molar-refractivity contribution is -0.138. The largest absolute Gasteiger partial charge is 0.416 e. The Balaban J connectivity index is 1.50. The molecule has 0 aliphatic carbocycles. The predicted octanol–water partition coefficient (Wildman–Crippen LogP) is 2.78. The van der Waals surface area contributed by atoms with E-state index in [0.717, 1.165) is 21.5 Å². The molecular weight excluding hydrogens is 496 g/mol. The maximum absolute atomic E-state index is 13.5. The van der Waals surface area contributed by atoms with Crippen molar-refractivity contribution >= 4 is 22.8 Å². The molecule has 0 aliphatic rings. The van der Waals surface area contributed by atoms with E-state index in [1.54, 1.807) is 0 Å². The molecule has 0 radical (unpaired) electrons. The number of tetrazole rings is 1. The van der Waals surface area contributed by atoms with E-state index in [1.807, 2.05) is 6.92 Å². The normalized spacial score (nSPS) is 12.1. The SMILES string of the molecule is CCCn1c(=O)n(CCCn2nnc(Cc3cc(F)ccc3C(F)(F)F)n2)c(=O)c2[nH]c(Cl)nc21. The van der Waals surface area contributed by atoms with Gasteiger partial charge in [0.05, 0.1) is 12.1 Å². The number of nitrogens with zero attached hydrogens (tertiary/aromatic N) is 7. The fourth-order valence-electron chi connectivity index (χ4n) is 3.73. The molecule has 4 rings (SSSR count). The lowest BCUT2D eigenvalue weighted by Crippen LogP contribution is -2.40. The molecule has 0 atom stereocenters. The van der Waals surface area contributed by atoms with E-state index in [2.05, 4.69) is 25.4 Å². The quantitative estimate of drug-likeness (QED) is 0.285. The van der Waals surface area contributed by atoms with Crippen LogP contribution in [0.4, 0.5) is 17.6 Å². The van der Waals surface area contributed by atoms with Crippen LogP contribution < -0.4 is 11.2 Å². The average Bonchev–Trinajstić information content (AvgIpc) is 3.39. The number of nitrogens with one attached hydrogen (secondary N) is 1. The van der Waals surface area contributed by atoms with Crippen LogP contribution >= 0.6 is 11.6 Å². The van der Waals surface area contributed by atoms with Crippen molar-refractivity contribution < 1.29 is 17.6 Å². The lowest BCUT2D eigenvalue weighted by atomic mass is 10.0. The maximum Gasteiger partial charge on any atom is 0.416 e. The molecule has 10 nitrogen and oxygen atoms in total. The molecule has 0 amide bonds. The van der Waals surface area contributed by atoms with Gasteiger partial charge in [0.1, 0.15) is 5.82 Å². The molecule has 1 aromatic carbocycles. The summed E-state index contributed by atoms with van der Waals surface area (Å²) >= 11 is 5.88. The predicted molar refractivity (Wildman–Crippen MR) is 117 cm³/mol. The van der Waals surface area contributed by atoms with Gasteiger partial charge in [0, 0.05) is 19.5 Å². The van der Waals surface area contributed by atoms with E-state index in [9.17, 15) is 27.2 Å². The first-order chi connectivity index (χ1) is 16.6. The minimum Gasteiger partial charge on any atom is -0.323 e. The van der Waals surface area contributed by atoms with Gasteiger partial charge >= 0.3 is 11.9 Å². The van der Waals surface area contributed by atoms with Gasteiger partial charge in [-0.05, 0) is 53.4 Å². The third-order valence-electron chi connectivity index (χ3n) is 5.23. The first kappa shape index (κ1) is 24.6. The molecule has 186 valence electrons. The molecule has 3 heterocycles. The molecule has 15 heteroatoms. The van der Waals surface area contributed by atoms with Gasteiger partial charge < -0.3 is 4.98 Å². The van der Waals surface area contributed by atoms with Gasteiger partial charge in [-0.25, -0.2) is 9.18 Å². The van der Waals surface area contributed by atoms with E-state index in [4.69, 9.17) is 11.6 Å². The number of benzene rings is 1. The van der Waals surface area contributed by atoms with Crippen molar-refractivity contribution in [3.63, 3.8) is 0 Å². The van der Waals surface area contributed by atoms with Gasteiger partial charge in [0.2, 0.25) is 5.28 Å². The van der Waals surface area contributed by atoms with Crippen molar-refractivity contribution in [2.45, 2.75) is 52.0 Å². The minimum absolute atomic E-state index is 0.00887. The highest BCUT2D eigenvalue weighted by molar-refractivity contribution is 6.28. The number of aromatic amines is 1. The highest BCUT2D eigenvalue weighted by Gasteiger charge is 2.33. The molecule has 0 bridgehead atoms. The number of imidazole rings is 1. The van der Waals surface area contributed by atoms with E-state index in [0.29, 0.717) is 19.0 Å². The number of hydrogen-bond acceptors (Lipinski definition) is 6. The minimum atomic E-state index is -4.66. The van der Waals surface area contributed by atoms with Gasteiger partial charge in [-0.3, -0.25) is 13.9 Å². The smallest absolute Gasteiger partial charge is 0.323 e. The number of rotatable bonds is 8. The third kappa shape index (κ3) is 5.11. The molecule has 1 N–H and O–H groups in total. The number of hydrogen-bond donors (Lipinski definition) is 1. The topological polar surface area (TPSA) is 116 Å². The Bertz CT molecular complexity index is 1490. The second-order valence-corrected chi connectivity index (χ2v) is 8.11. The molecule has 0 spiro atoms. The van der Waals surface area contributed by atoms with E-state index in [1.165, 1.54) is 4.57 Å². The molecule has 0 saturated carbocycles. The summed E-state index contributed by atoms with van der Waals surface area (Å²) in [6.45, 7) is 2.36. The summed E-state index contributed by atoms with van der Waals surface area (Å²) in [6, 6.07) is 2.19. The fourth-order valence-corrected chi connectivity index (χ4v) is 3.90. The molecule has 4 aromatic rings. The standard InChI is InChI=1S/C20H19ClF4N8O2/c1-2-6-31-16-15(26-18(21)27-16)17(34)32(19(31)35)7-3-8-33-29-14(28-30-33)10-11-9-12(22)4-5-13(11)20(23,24)25/h4-5,9H,2-3,6-8,10H2,1H3,(H,26,27). The zero-order valence-electron chi connectivity index (χ0n) is 18.3. The van der Waals surface area contributed by atoms with Crippen LogP contribution in [0.25, 0.3) is 11.2 Å². The zero-order chi connectivity index (χ0) is 25.3. The number of fused-ring (bicyclic) bond motifs is 1. The summed E-state index contributed by atoms with van der Waals surface area (Å²) in [5.41, 5.74) is -2.11. The highest BCUT2D eigenvalue weighted by atomic mass is 35.5. The number of aromatic nitrogens is 8. The van der Waals surface area contributed by atoms with Crippen molar-refractivity contribution in [3.05, 3.63) is 67.1 Å². The third-order valence-corrected chi connectivity index (χ3v) is 5.41. The maximum atomic E-state index is 13.5. The number of H-pyrrole nitrogens is 1. The van der Waals surface area contributed by atoms with Crippen molar-refractivity contribution in [2.24, 2.45) is 0 Å². The van der Waals surface area contributed by atoms with E-state index < -0.39 is 28.8 Å². The van der Waals surface area contributed by atoms with Crippen molar-refractivity contribution in [1.82, 2.24) is 39.3 Å². The van der Waals surface area contributed by atoms with Gasteiger partial charge in [-0.15, -0.1) is 10.2 Å². The molecule has 35 heavy (non-hydrogen) atoms. The molecular formula is C20H19ClF4N8O2. The number of halogens is 5. The summed E-state index contributed by atoms with van der Waals surface area (Å²) in [7, 11) is 0. The van der Waals surface area contributed by atoms with Gasteiger partial charge in [0.25, 0.3) is 5.56 Å². The monoisotopic (exact) mass is 514 g/mol. The molecule has 0 aliphatic heterocycles. The Labute approximate surface area is 199 Å². The average molecular weight is 515 g/mol. The Hall–Kier alpha value is -3.55. The van der Waals surface area contributed by atoms with Crippen LogP contribution in [0.3, 0.4) is 0 Å². The Kier molecular flexibility index (Phi) is 6.74. The Morgan fingerprint density at radius 1 is 1.11 bits per heavy atom. The second kappa shape index (κ2) is 9.60. The van der Waals surface area contributed by atoms with Crippen molar-refractivity contribution in [1.29, 1.82) is 0 Å². The molecule has 0 unspecified atom stereocenters. The van der Waals surface area contributed by atoms with Crippen molar-refractivity contribution in [2.75, 3.05) is 0 Å². The first-order valence-electron chi connectivity index (χ1n) is 10.6. The van der Waals surface area contributed by atoms with E-state index in [-0.39, 0.29) is 53.8 Å². The van der Waals surface area contributed by atoms with Crippen LogP contribution in [-0.2, 0) is 32.2 Å². The van der Waals surface area contributed by atoms with Crippen LogP contribution in [0, 0.1) is 5.82 Å². The Morgan fingerprint density at radius 2 is 1.89 bits per heavy atom. The van der Waals surface area contributed by atoms with Crippen molar-refractivity contribution in [3.8, 4) is 0 Å². The van der Waals surface area contributed by atoms with Crippen LogP contribution in [0.1, 0.15) is 36.7 Å². The number of aryl methyl sites for hydroxylation is 2. The fraction of sp³-hybridized carbons (Fsp3) is 0.400. The summed E-state index contributed by atoms with van der Waals surface area (Å²) in [6.07, 6.45) is -4.15. The van der Waals surface area contributed by atoms with Crippen LogP contribution in [0.2, 0.25) is 5.28 Å². The van der Waals surface area contributed by atoms with Crippen LogP contribution in [0.5, 0.6) is 0 Å². The van der Waals surface area contributed by atoms with Gasteiger partial charge in [-0.1, -0.05) is 6.92 Å². The molecule has 0 fully saturated rings. The van der Waals surface area contributed by atoms with Gasteiger partial charge in [0.15, 0.2) is 17.0 Å². The summed E-state index contributed by atoms with van der Waals surface area (Å²) < 4.78 is 55.5. The zero-order valence-corrected chi connectivity index (χ0v) is 19.1. The van der Waals surface area contributed by atoms with Crippen LogP contribution in [-0.4, -0.2) is 39.3 Å². The highest BCUT2D eigenvalue weighted by Crippen LogP contribution is 2.33. The van der Waals surface area contributed by atoms with Gasteiger partial charge in [-0.2, -0.15) is 23.0 Å². The molecule has 0 saturated heterocycles. The Morgan fingerprint density at radius 3 is 2.60 bits per heavy atom. The van der Waals surface area contributed by atoms with E-state index >= 15 is 0 Å². The first-order valence-corrected chi connectivity index (χ1v) is 11.0. The number of alkyl halides is 3. The molecule has 3 aromatic heterocycles. The summed E-state index contributed by atoms with van der Waals surface area (Å²) in [5, 5.41) is 11.6.